The summed E-state index contributed by atoms with van der Waals surface area (Å²) in [6.45, 7) is 0.188. The molecule has 0 fully saturated rings. The van der Waals surface area contributed by atoms with Crippen LogP contribution in [0.25, 0.3) is 6.08 Å². The maximum absolute atomic E-state index is 11.4. The van der Waals surface area contributed by atoms with Gasteiger partial charge in [0.05, 0.1) is 11.2 Å². The van der Waals surface area contributed by atoms with Gasteiger partial charge in [0.2, 0.25) is 10.0 Å². The summed E-state index contributed by atoms with van der Waals surface area (Å²) in [5.74, 6) is 0.474. The van der Waals surface area contributed by atoms with Crippen LogP contribution in [0.3, 0.4) is 0 Å². The monoisotopic (exact) mass is 337 g/mol. The molecule has 0 atom stereocenters. The topological polar surface area (TPSA) is 109 Å². The van der Waals surface area contributed by atoms with Gasteiger partial charge in [-0.25, -0.2) is 18.4 Å². The number of carbonyl (C=O) groups is 1. The van der Waals surface area contributed by atoms with Crippen molar-refractivity contribution in [1.82, 2.24) is 0 Å². The maximum atomic E-state index is 11.4. The van der Waals surface area contributed by atoms with Gasteiger partial charge >= 0.3 is 5.97 Å². The summed E-state index contributed by atoms with van der Waals surface area (Å²) >= 11 is 0. The fraction of sp³-hybridized carbons (Fsp3) is 0.133. The van der Waals surface area contributed by atoms with Gasteiger partial charge in [-0.05, 0) is 42.5 Å². The molecule has 0 unspecified atom stereocenters. The van der Waals surface area contributed by atoms with Crippen LogP contribution in [0.4, 0.5) is 0 Å². The fourth-order valence-corrected chi connectivity index (χ4v) is 2.13. The Bertz CT molecular complexity index is 763. The molecule has 122 valence electrons. The summed E-state index contributed by atoms with van der Waals surface area (Å²) < 4.78 is 37.5. The quantitative estimate of drug-likeness (QED) is 0.466. The number of hydrogen-bond acceptors (Lipinski definition) is 6. The summed E-state index contributed by atoms with van der Waals surface area (Å²) in [5, 5.41) is 4.99. The van der Waals surface area contributed by atoms with E-state index >= 15 is 0 Å². The second kappa shape index (κ2) is 7.61. The molecule has 0 bridgehead atoms. The lowest BCUT2D eigenvalue weighted by molar-refractivity contribution is -0.138. The van der Waals surface area contributed by atoms with Crippen LogP contribution in [0.1, 0.15) is 5.76 Å². The molecule has 1 heterocycles. The largest absolute Gasteiger partial charge is 0.490 e. The molecular weight excluding hydrogens is 322 g/mol. The molecule has 1 aromatic carbocycles. The van der Waals surface area contributed by atoms with E-state index in [9.17, 15) is 13.2 Å². The second-order valence-corrected chi connectivity index (χ2v) is 5.94. The first-order valence-corrected chi connectivity index (χ1v) is 8.14. The molecule has 0 saturated heterocycles. The predicted molar refractivity (Wildman–Crippen MR) is 82.0 cm³/mol. The van der Waals surface area contributed by atoms with Gasteiger partial charge in [-0.1, -0.05) is 0 Å². The van der Waals surface area contributed by atoms with Gasteiger partial charge in [0.25, 0.3) is 0 Å². The lowest BCUT2D eigenvalue weighted by Gasteiger charge is -2.06. The number of carbonyl (C=O) groups excluding carboxylic acids is 1. The molecule has 2 N–H and O–H groups in total. The Morgan fingerprint density at radius 1 is 1.17 bits per heavy atom. The van der Waals surface area contributed by atoms with Gasteiger partial charge in [0.15, 0.2) is 0 Å². The summed E-state index contributed by atoms with van der Waals surface area (Å²) in [7, 11) is -3.72. The Kier molecular flexibility index (Phi) is 5.56. The smallest absolute Gasteiger partial charge is 0.331 e. The Labute approximate surface area is 133 Å². The highest BCUT2D eigenvalue weighted by molar-refractivity contribution is 7.89. The van der Waals surface area contributed by atoms with E-state index in [-0.39, 0.29) is 18.1 Å². The van der Waals surface area contributed by atoms with Crippen molar-refractivity contribution in [3.8, 4) is 5.75 Å². The molecule has 0 spiro atoms. The lowest BCUT2D eigenvalue weighted by Crippen LogP contribution is -2.12. The maximum Gasteiger partial charge on any atom is 0.331 e. The molecule has 7 nitrogen and oxygen atoms in total. The third kappa shape index (κ3) is 5.61. The number of sulfonamides is 1. The minimum Gasteiger partial charge on any atom is -0.490 e. The average Bonchev–Trinajstić information content (AvgIpc) is 3.02. The molecule has 0 aliphatic rings. The van der Waals surface area contributed by atoms with Gasteiger partial charge in [-0.2, -0.15) is 0 Å². The van der Waals surface area contributed by atoms with E-state index in [0.717, 1.165) is 0 Å². The van der Waals surface area contributed by atoms with Crippen LogP contribution < -0.4 is 9.88 Å². The minimum absolute atomic E-state index is 0.000610. The highest BCUT2D eigenvalue weighted by atomic mass is 32.2. The summed E-state index contributed by atoms with van der Waals surface area (Å²) in [6, 6.07) is 9.03. The van der Waals surface area contributed by atoms with E-state index in [4.69, 9.17) is 19.0 Å². The molecule has 8 heteroatoms. The zero-order valence-corrected chi connectivity index (χ0v) is 12.9. The van der Waals surface area contributed by atoms with Gasteiger partial charge in [-0.15, -0.1) is 0 Å². The number of esters is 1. The fourth-order valence-electron chi connectivity index (χ4n) is 1.61. The van der Waals surface area contributed by atoms with Crippen LogP contribution in [-0.4, -0.2) is 27.6 Å². The number of furan rings is 1. The number of rotatable bonds is 7. The number of hydrogen-bond donors (Lipinski definition) is 1. The Hall–Kier alpha value is -2.58. The van der Waals surface area contributed by atoms with Crippen LogP contribution >= 0.6 is 0 Å². The molecule has 0 aliphatic carbocycles. The second-order valence-electron chi connectivity index (χ2n) is 4.38. The van der Waals surface area contributed by atoms with E-state index < -0.39 is 16.0 Å². The Morgan fingerprint density at radius 2 is 1.91 bits per heavy atom. The Morgan fingerprint density at radius 3 is 2.52 bits per heavy atom. The van der Waals surface area contributed by atoms with Crippen molar-refractivity contribution in [1.29, 1.82) is 0 Å². The molecule has 23 heavy (non-hydrogen) atoms. The van der Waals surface area contributed by atoms with E-state index in [0.29, 0.717) is 11.5 Å². The highest BCUT2D eigenvalue weighted by Gasteiger charge is 2.07. The van der Waals surface area contributed by atoms with Crippen LogP contribution in [0.5, 0.6) is 5.75 Å². The van der Waals surface area contributed by atoms with Crippen molar-refractivity contribution in [3.05, 3.63) is 54.5 Å². The van der Waals surface area contributed by atoms with Gasteiger partial charge < -0.3 is 13.9 Å². The third-order valence-corrected chi connectivity index (χ3v) is 3.60. The van der Waals surface area contributed by atoms with Crippen LogP contribution in [0.2, 0.25) is 0 Å². The van der Waals surface area contributed by atoms with Crippen molar-refractivity contribution in [2.45, 2.75) is 4.90 Å². The van der Waals surface area contributed by atoms with Crippen molar-refractivity contribution in [2.24, 2.45) is 5.14 Å². The predicted octanol–water partition coefficient (Wildman–Crippen LogP) is 1.56. The zero-order valence-electron chi connectivity index (χ0n) is 12.0. The first-order chi connectivity index (χ1) is 10.9. The van der Waals surface area contributed by atoms with Crippen molar-refractivity contribution in [2.75, 3.05) is 13.2 Å². The van der Waals surface area contributed by atoms with E-state index in [2.05, 4.69) is 0 Å². The normalized spacial score (nSPS) is 11.5. The van der Waals surface area contributed by atoms with E-state index in [1.54, 1.807) is 12.1 Å². The zero-order chi connectivity index (χ0) is 16.7. The molecule has 0 radical (unpaired) electrons. The lowest BCUT2D eigenvalue weighted by atomic mass is 10.3. The number of primary sulfonamides is 1. The van der Waals surface area contributed by atoms with Crippen molar-refractivity contribution in [3.63, 3.8) is 0 Å². The molecule has 0 aliphatic heterocycles. The minimum atomic E-state index is -3.72. The van der Waals surface area contributed by atoms with Crippen LogP contribution in [0, 0.1) is 0 Å². The molecule has 2 rings (SSSR count). The molecule has 0 saturated carbocycles. The standard InChI is InChI=1S/C15H15NO6S/c16-23(18,19)14-6-3-13(4-7-14)21-10-11-22-15(17)8-5-12-2-1-9-20-12/h1-9H,10-11H2,(H2,16,18,19)/b8-5+. The Balaban J connectivity index is 1.72. The van der Waals surface area contributed by atoms with Crippen LogP contribution in [0.15, 0.2) is 58.1 Å². The number of benzene rings is 1. The summed E-state index contributed by atoms with van der Waals surface area (Å²) in [4.78, 5) is 11.4. The summed E-state index contributed by atoms with van der Waals surface area (Å²) in [6.07, 6.45) is 4.24. The van der Waals surface area contributed by atoms with Crippen molar-refractivity contribution < 1.29 is 27.1 Å². The van der Waals surface area contributed by atoms with Crippen molar-refractivity contribution >= 4 is 22.1 Å². The van der Waals surface area contributed by atoms with Crippen LogP contribution in [-0.2, 0) is 19.6 Å². The summed E-state index contributed by atoms with van der Waals surface area (Å²) in [5.41, 5.74) is 0. The molecule has 2 aromatic rings. The van der Waals surface area contributed by atoms with Gasteiger partial charge in [-0.3, -0.25) is 0 Å². The number of nitrogens with two attached hydrogens (primary N) is 1. The highest BCUT2D eigenvalue weighted by Crippen LogP contribution is 2.14. The first-order valence-electron chi connectivity index (χ1n) is 6.59. The molecule has 1 aromatic heterocycles. The SMILES string of the molecule is NS(=O)(=O)c1ccc(OCCOC(=O)/C=C/c2ccco2)cc1. The van der Waals surface area contributed by atoms with Gasteiger partial charge in [0, 0.05) is 6.08 Å². The molecular formula is C15H15NO6S. The van der Waals surface area contributed by atoms with E-state index in [1.807, 2.05) is 0 Å². The van der Waals surface area contributed by atoms with E-state index in [1.165, 1.54) is 42.7 Å². The molecule has 0 amide bonds. The average molecular weight is 337 g/mol. The first kappa shape index (κ1) is 16.8. The van der Waals surface area contributed by atoms with Gasteiger partial charge in [0.1, 0.15) is 24.7 Å². The third-order valence-electron chi connectivity index (χ3n) is 2.68. The number of ether oxygens (including phenoxy) is 2.